The highest BCUT2D eigenvalue weighted by Crippen LogP contribution is 2.35. The molecule has 0 radical (unpaired) electrons. The van der Waals surface area contributed by atoms with Gasteiger partial charge in [-0.15, -0.1) is 0 Å². The molecule has 1 atom stereocenters. The van der Waals surface area contributed by atoms with Gasteiger partial charge >= 0.3 is 5.51 Å². The maximum absolute atomic E-state index is 12.6. The van der Waals surface area contributed by atoms with Crippen molar-refractivity contribution in [2.45, 2.75) is 36.6 Å². The molecule has 0 spiro atoms. The molecule has 0 aliphatic carbocycles. The SMILES string of the molecule is CCC(C(C)=O)c1ccccc1S(=O)(=O)C(F)(F)F. The first-order valence-corrected chi connectivity index (χ1v) is 7.02. The minimum absolute atomic E-state index is 0.102. The summed E-state index contributed by atoms with van der Waals surface area (Å²) >= 11 is 0. The van der Waals surface area contributed by atoms with E-state index in [1.807, 2.05) is 0 Å². The molecule has 0 N–H and O–H groups in total. The molecule has 0 saturated carbocycles. The predicted octanol–water partition coefficient (Wildman–Crippen LogP) is 3.06. The standard InChI is InChI=1S/C12H13F3O3S/c1-3-9(8(2)16)10-6-4-5-7-11(10)19(17,18)12(13,14)15/h4-7,9H,3H2,1-2H3. The molecule has 0 aliphatic rings. The lowest BCUT2D eigenvalue weighted by atomic mass is 9.93. The fourth-order valence-corrected chi connectivity index (χ4v) is 2.89. The van der Waals surface area contributed by atoms with Crippen molar-refractivity contribution in [3.05, 3.63) is 29.8 Å². The van der Waals surface area contributed by atoms with Crippen molar-refractivity contribution in [2.24, 2.45) is 0 Å². The minimum atomic E-state index is -5.45. The first-order valence-electron chi connectivity index (χ1n) is 5.53. The van der Waals surface area contributed by atoms with Gasteiger partial charge in [0, 0.05) is 5.92 Å². The van der Waals surface area contributed by atoms with E-state index in [1.54, 1.807) is 6.92 Å². The number of ketones is 1. The molecule has 1 aromatic carbocycles. The molecular weight excluding hydrogens is 281 g/mol. The van der Waals surface area contributed by atoms with Gasteiger partial charge in [0.15, 0.2) is 0 Å². The largest absolute Gasteiger partial charge is 0.501 e. The van der Waals surface area contributed by atoms with Gasteiger partial charge in [-0.25, -0.2) is 8.42 Å². The number of hydrogen-bond acceptors (Lipinski definition) is 3. The smallest absolute Gasteiger partial charge is 0.299 e. The van der Waals surface area contributed by atoms with Crippen molar-refractivity contribution < 1.29 is 26.4 Å². The van der Waals surface area contributed by atoms with Crippen molar-refractivity contribution in [3.63, 3.8) is 0 Å². The minimum Gasteiger partial charge on any atom is -0.299 e. The third-order valence-electron chi connectivity index (χ3n) is 2.79. The highest BCUT2D eigenvalue weighted by atomic mass is 32.2. The topological polar surface area (TPSA) is 51.2 Å². The lowest BCUT2D eigenvalue weighted by Gasteiger charge is -2.17. The average Bonchev–Trinajstić information content (AvgIpc) is 2.28. The van der Waals surface area contributed by atoms with Gasteiger partial charge in [-0.3, -0.25) is 4.79 Å². The average molecular weight is 294 g/mol. The number of alkyl halides is 3. The van der Waals surface area contributed by atoms with Gasteiger partial charge in [0.25, 0.3) is 9.84 Å². The lowest BCUT2D eigenvalue weighted by Crippen LogP contribution is -2.25. The highest BCUT2D eigenvalue weighted by Gasteiger charge is 2.48. The Morgan fingerprint density at radius 1 is 1.26 bits per heavy atom. The third-order valence-corrected chi connectivity index (χ3v) is 4.35. The van der Waals surface area contributed by atoms with E-state index in [-0.39, 0.29) is 17.8 Å². The molecule has 0 heterocycles. The monoisotopic (exact) mass is 294 g/mol. The van der Waals surface area contributed by atoms with Crippen LogP contribution in [0.5, 0.6) is 0 Å². The Bertz CT molecular complexity index is 576. The fourth-order valence-electron chi connectivity index (χ4n) is 1.86. The summed E-state index contributed by atoms with van der Waals surface area (Å²) in [4.78, 5) is 10.6. The van der Waals surface area contributed by atoms with Gasteiger partial charge in [-0.2, -0.15) is 13.2 Å². The number of hydrogen-bond donors (Lipinski definition) is 0. The summed E-state index contributed by atoms with van der Waals surface area (Å²) in [5.41, 5.74) is -5.48. The summed E-state index contributed by atoms with van der Waals surface area (Å²) in [6.45, 7) is 2.84. The molecule has 0 saturated heterocycles. The van der Waals surface area contributed by atoms with E-state index < -0.39 is 26.2 Å². The van der Waals surface area contributed by atoms with Crippen LogP contribution < -0.4 is 0 Å². The van der Waals surface area contributed by atoms with Crippen LogP contribution in [-0.2, 0) is 14.6 Å². The van der Waals surface area contributed by atoms with Gasteiger partial charge in [0.05, 0.1) is 4.90 Å². The quantitative estimate of drug-likeness (QED) is 0.857. The van der Waals surface area contributed by atoms with Crippen molar-refractivity contribution in [2.75, 3.05) is 0 Å². The zero-order chi connectivity index (χ0) is 14.8. The second-order valence-electron chi connectivity index (χ2n) is 4.06. The number of carbonyl (C=O) groups is 1. The van der Waals surface area contributed by atoms with Gasteiger partial charge < -0.3 is 0 Å². The molecule has 7 heteroatoms. The number of sulfone groups is 1. The molecule has 0 aliphatic heterocycles. The first-order chi connectivity index (χ1) is 8.63. The molecule has 19 heavy (non-hydrogen) atoms. The Kier molecular flexibility index (Phi) is 4.39. The number of halogens is 3. The molecule has 1 aromatic rings. The molecule has 3 nitrogen and oxygen atoms in total. The molecule has 0 amide bonds. The number of rotatable bonds is 4. The summed E-state index contributed by atoms with van der Waals surface area (Å²) in [7, 11) is -5.45. The Morgan fingerprint density at radius 3 is 2.21 bits per heavy atom. The first kappa shape index (κ1) is 15.7. The van der Waals surface area contributed by atoms with Crippen molar-refractivity contribution in [3.8, 4) is 0 Å². The predicted molar refractivity (Wildman–Crippen MR) is 63.4 cm³/mol. The zero-order valence-corrected chi connectivity index (χ0v) is 11.2. The number of benzene rings is 1. The number of Topliss-reactive ketones (excluding diaryl/α,β-unsaturated/α-hetero) is 1. The van der Waals surface area contributed by atoms with E-state index in [0.29, 0.717) is 0 Å². The van der Waals surface area contributed by atoms with E-state index in [2.05, 4.69) is 0 Å². The van der Waals surface area contributed by atoms with E-state index in [1.165, 1.54) is 25.1 Å². The van der Waals surface area contributed by atoms with E-state index in [0.717, 1.165) is 6.07 Å². The van der Waals surface area contributed by atoms with Gasteiger partial charge in [0.2, 0.25) is 0 Å². The normalized spacial score (nSPS) is 14.2. The van der Waals surface area contributed by atoms with Crippen LogP contribution in [0, 0.1) is 0 Å². The van der Waals surface area contributed by atoms with Crippen molar-refractivity contribution in [1.29, 1.82) is 0 Å². The van der Waals surface area contributed by atoms with Gasteiger partial charge in [0.1, 0.15) is 5.78 Å². The van der Waals surface area contributed by atoms with Crippen molar-refractivity contribution in [1.82, 2.24) is 0 Å². The molecule has 0 aromatic heterocycles. The van der Waals surface area contributed by atoms with Crippen LogP contribution in [0.4, 0.5) is 13.2 Å². The molecule has 0 bridgehead atoms. The molecule has 1 rings (SSSR count). The maximum atomic E-state index is 12.6. The Morgan fingerprint density at radius 2 is 1.79 bits per heavy atom. The van der Waals surface area contributed by atoms with Crippen LogP contribution >= 0.6 is 0 Å². The van der Waals surface area contributed by atoms with Crippen LogP contribution in [0.15, 0.2) is 29.2 Å². The van der Waals surface area contributed by atoms with Crippen LogP contribution in [-0.4, -0.2) is 19.7 Å². The van der Waals surface area contributed by atoms with Crippen LogP contribution in [0.1, 0.15) is 31.7 Å². The summed E-state index contributed by atoms with van der Waals surface area (Å²) in [6, 6.07) is 4.74. The Hall–Kier alpha value is -1.37. The van der Waals surface area contributed by atoms with Crippen molar-refractivity contribution >= 4 is 15.6 Å². The number of carbonyl (C=O) groups excluding carboxylic acids is 1. The Labute approximate surface area is 109 Å². The van der Waals surface area contributed by atoms with E-state index >= 15 is 0 Å². The molecular formula is C12H13F3O3S. The molecule has 0 fully saturated rings. The molecule has 106 valence electrons. The van der Waals surface area contributed by atoms with Crippen LogP contribution in [0.2, 0.25) is 0 Å². The Balaban J connectivity index is 3.52. The van der Waals surface area contributed by atoms with Gasteiger partial charge in [-0.1, -0.05) is 25.1 Å². The second-order valence-corrected chi connectivity index (χ2v) is 5.97. The summed E-state index contributed by atoms with van der Waals surface area (Å²) in [5.74, 6) is -1.22. The van der Waals surface area contributed by atoms with E-state index in [9.17, 15) is 26.4 Å². The summed E-state index contributed by atoms with van der Waals surface area (Å²) < 4.78 is 60.7. The third kappa shape index (κ3) is 2.97. The molecule has 1 unspecified atom stereocenters. The van der Waals surface area contributed by atoms with Gasteiger partial charge in [-0.05, 0) is 25.0 Å². The lowest BCUT2D eigenvalue weighted by molar-refractivity contribution is -0.118. The fraction of sp³-hybridized carbons (Fsp3) is 0.417. The second kappa shape index (κ2) is 5.32. The van der Waals surface area contributed by atoms with Crippen LogP contribution in [0.3, 0.4) is 0 Å². The maximum Gasteiger partial charge on any atom is 0.501 e. The van der Waals surface area contributed by atoms with Crippen LogP contribution in [0.25, 0.3) is 0 Å². The van der Waals surface area contributed by atoms with E-state index in [4.69, 9.17) is 0 Å². The highest BCUT2D eigenvalue weighted by molar-refractivity contribution is 7.92. The zero-order valence-electron chi connectivity index (χ0n) is 10.4. The summed E-state index contributed by atoms with van der Waals surface area (Å²) in [6.07, 6.45) is 0.236. The summed E-state index contributed by atoms with van der Waals surface area (Å²) in [5, 5.41) is 0.